The molecule has 8 heteroatoms. The second kappa shape index (κ2) is 9.02. The minimum Gasteiger partial charge on any atom is -0.494 e. The van der Waals surface area contributed by atoms with Crippen LogP contribution in [0.1, 0.15) is 24.5 Å². The van der Waals surface area contributed by atoms with E-state index in [0.717, 1.165) is 18.2 Å². The van der Waals surface area contributed by atoms with Gasteiger partial charge < -0.3 is 15.0 Å². The van der Waals surface area contributed by atoms with Crippen LogP contribution in [-0.4, -0.2) is 23.6 Å². The van der Waals surface area contributed by atoms with Crippen LogP contribution in [0.5, 0.6) is 5.75 Å². The number of aryl methyl sites for hydroxylation is 1. The summed E-state index contributed by atoms with van der Waals surface area (Å²) in [6, 6.07) is 14.3. The average molecular weight is 416 g/mol. The molecule has 30 heavy (non-hydrogen) atoms. The van der Waals surface area contributed by atoms with E-state index in [9.17, 15) is 13.2 Å². The summed E-state index contributed by atoms with van der Waals surface area (Å²) in [7, 11) is 1.54. The van der Waals surface area contributed by atoms with Crippen LogP contribution in [-0.2, 0) is 6.18 Å². The topological polar surface area (TPSA) is 50.3 Å². The number of hydrogen-bond donors (Lipinski definition) is 1. The lowest BCUT2D eigenvalue weighted by molar-refractivity contribution is -0.137. The van der Waals surface area contributed by atoms with Gasteiger partial charge in [0, 0.05) is 24.6 Å². The Bertz CT molecular complexity index is 990. The summed E-state index contributed by atoms with van der Waals surface area (Å²) in [6.07, 6.45) is -2.92. The van der Waals surface area contributed by atoms with E-state index >= 15 is 0 Å². The minimum absolute atomic E-state index is 0.0818. The summed E-state index contributed by atoms with van der Waals surface area (Å²) in [6.45, 7) is 4.50. The van der Waals surface area contributed by atoms with E-state index in [1.165, 1.54) is 11.9 Å². The van der Waals surface area contributed by atoms with Gasteiger partial charge in [-0.25, -0.2) is 4.98 Å². The second-order valence-electron chi connectivity index (χ2n) is 6.82. The predicted octanol–water partition coefficient (Wildman–Crippen LogP) is 6.10. The Labute approximate surface area is 173 Å². The molecule has 0 amide bonds. The highest BCUT2D eigenvalue weighted by Crippen LogP contribution is 2.38. The number of halogens is 3. The molecule has 0 radical (unpaired) electrons. The third-order valence-electron chi connectivity index (χ3n) is 4.36. The molecule has 0 unspecified atom stereocenters. The molecule has 158 valence electrons. The molecule has 3 rings (SSSR count). The standard InChI is InChI=1S/C22H23F3N4O/c1-4-12-30-18-10-8-17(9-11-18)29(3)20-19(22(23,24)25)14-26-21(28-20)27-16-7-5-6-15(2)13-16/h5-11,13-14H,4,12H2,1-3H3,(H,26,27,28). The van der Waals surface area contributed by atoms with Gasteiger partial charge in [-0.15, -0.1) is 0 Å². The van der Waals surface area contributed by atoms with Gasteiger partial charge in [-0.05, 0) is 55.3 Å². The Morgan fingerprint density at radius 3 is 2.47 bits per heavy atom. The SMILES string of the molecule is CCCOc1ccc(N(C)c2nc(Nc3cccc(C)c3)ncc2C(F)(F)F)cc1. The average Bonchev–Trinajstić information content (AvgIpc) is 2.71. The van der Waals surface area contributed by atoms with Gasteiger partial charge in [0.05, 0.1) is 6.61 Å². The summed E-state index contributed by atoms with van der Waals surface area (Å²) >= 11 is 0. The van der Waals surface area contributed by atoms with Crippen LogP contribution < -0.4 is 15.0 Å². The smallest absolute Gasteiger partial charge is 0.421 e. The van der Waals surface area contributed by atoms with E-state index in [1.807, 2.05) is 32.0 Å². The molecular formula is C22H23F3N4O. The number of benzene rings is 2. The Morgan fingerprint density at radius 1 is 1.10 bits per heavy atom. The van der Waals surface area contributed by atoms with Crippen molar-refractivity contribution < 1.29 is 17.9 Å². The van der Waals surface area contributed by atoms with E-state index in [2.05, 4.69) is 15.3 Å². The molecule has 1 N–H and O–H groups in total. The molecule has 0 aliphatic carbocycles. The van der Waals surface area contributed by atoms with Crippen molar-refractivity contribution in [2.45, 2.75) is 26.4 Å². The van der Waals surface area contributed by atoms with Gasteiger partial charge in [-0.1, -0.05) is 19.1 Å². The van der Waals surface area contributed by atoms with Crippen LogP contribution in [0.25, 0.3) is 0 Å². The van der Waals surface area contributed by atoms with Crippen molar-refractivity contribution in [3.8, 4) is 5.75 Å². The lowest BCUT2D eigenvalue weighted by Gasteiger charge is -2.23. The van der Waals surface area contributed by atoms with Crippen LogP contribution in [0.3, 0.4) is 0 Å². The van der Waals surface area contributed by atoms with Crippen molar-refractivity contribution >= 4 is 23.1 Å². The van der Waals surface area contributed by atoms with Gasteiger partial charge >= 0.3 is 6.18 Å². The highest BCUT2D eigenvalue weighted by atomic mass is 19.4. The Morgan fingerprint density at radius 2 is 1.83 bits per heavy atom. The Hall–Kier alpha value is -3.29. The molecule has 1 heterocycles. The zero-order valence-electron chi connectivity index (χ0n) is 17.0. The van der Waals surface area contributed by atoms with Crippen LogP contribution >= 0.6 is 0 Å². The summed E-state index contributed by atoms with van der Waals surface area (Å²) in [4.78, 5) is 9.42. The first-order chi connectivity index (χ1) is 14.3. The van der Waals surface area contributed by atoms with Crippen LogP contribution in [0.2, 0.25) is 0 Å². The molecule has 1 aromatic heterocycles. The first kappa shape index (κ1) is 21.4. The fraction of sp³-hybridized carbons (Fsp3) is 0.273. The molecule has 0 atom stereocenters. The van der Waals surface area contributed by atoms with E-state index in [-0.39, 0.29) is 11.8 Å². The van der Waals surface area contributed by atoms with Gasteiger partial charge in [-0.3, -0.25) is 0 Å². The normalized spacial score (nSPS) is 11.3. The van der Waals surface area contributed by atoms with Crippen molar-refractivity contribution in [2.24, 2.45) is 0 Å². The zero-order chi connectivity index (χ0) is 21.7. The highest BCUT2D eigenvalue weighted by Gasteiger charge is 2.36. The molecule has 0 fully saturated rings. The molecule has 5 nitrogen and oxygen atoms in total. The van der Waals surface area contributed by atoms with Crippen LogP contribution in [0.15, 0.2) is 54.7 Å². The van der Waals surface area contributed by atoms with Crippen LogP contribution in [0.4, 0.5) is 36.3 Å². The summed E-state index contributed by atoms with van der Waals surface area (Å²) in [5.74, 6) is 0.503. The lowest BCUT2D eigenvalue weighted by atomic mass is 10.2. The molecule has 0 saturated heterocycles. The van der Waals surface area contributed by atoms with E-state index in [0.29, 0.717) is 23.7 Å². The summed E-state index contributed by atoms with van der Waals surface area (Å²) in [5, 5.41) is 2.97. The zero-order valence-corrected chi connectivity index (χ0v) is 17.0. The van der Waals surface area contributed by atoms with E-state index in [4.69, 9.17) is 4.74 Å². The predicted molar refractivity (Wildman–Crippen MR) is 112 cm³/mol. The summed E-state index contributed by atoms with van der Waals surface area (Å²) < 4.78 is 46.3. The fourth-order valence-corrected chi connectivity index (χ4v) is 2.85. The second-order valence-corrected chi connectivity index (χ2v) is 6.82. The maximum Gasteiger partial charge on any atom is 0.421 e. The molecule has 0 bridgehead atoms. The number of nitrogens with zero attached hydrogens (tertiary/aromatic N) is 3. The lowest BCUT2D eigenvalue weighted by Crippen LogP contribution is -2.19. The molecule has 3 aromatic rings. The molecule has 0 aliphatic rings. The molecule has 2 aromatic carbocycles. The third-order valence-corrected chi connectivity index (χ3v) is 4.36. The Balaban J connectivity index is 1.93. The molecule has 0 spiro atoms. The van der Waals surface area contributed by atoms with Gasteiger partial charge in [-0.2, -0.15) is 18.2 Å². The number of alkyl halides is 3. The third kappa shape index (κ3) is 5.20. The number of aromatic nitrogens is 2. The largest absolute Gasteiger partial charge is 0.494 e. The van der Waals surface area contributed by atoms with Crippen molar-refractivity contribution in [1.29, 1.82) is 0 Å². The highest BCUT2D eigenvalue weighted by molar-refractivity contribution is 5.65. The van der Waals surface area contributed by atoms with Crippen molar-refractivity contribution in [2.75, 3.05) is 23.9 Å². The van der Waals surface area contributed by atoms with Gasteiger partial charge in [0.1, 0.15) is 11.3 Å². The molecule has 0 aliphatic heterocycles. The fourth-order valence-electron chi connectivity index (χ4n) is 2.85. The molecule has 0 saturated carbocycles. The van der Waals surface area contributed by atoms with Gasteiger partial charge in [0.25, 0.3) is 0 Å². The quantitative estimate of drug-likeness (QED) is 0.504. The number of anilines is 4. The first-order valence-corrected chi connectivity index (χ1v) is 9.52. The maximum absolute atomic E-state index is 13.6. The van der Waals surface area contributed by atoms with Crippen molar-refractivity contribution in [3.05, 3.63) is 65.9 Å². The van der Waals surface area contributed by atoms with E-state index < -0.39 is 11.7 Å². The summed E-state index contributed by atoms with van der Waals surface area (Å²) in [5.41, 5.74) is 1.34. The number of rotatable bonds is 7. The van der Waals surface area contributed by atoms with E-state index in [1.54, 1.807) is 30.3 Å². The van der Waals surface area contributed by atoms with Gasteiger partial charge in [0.2, 0.25) is 5.95 Å². The monoisotopic (exact) mass is 416 g/mol. The maximum atomic E-state index is 13.6. The Kier molecular flexibility index (Phi) is 6.44. The molecular weight excluding hydrogens is 393 g/mol. The first-order valence-electron chi connectivity index (χ1n) is 9.52. The minimum atomic E-state index is -4.59. The van der Waals surface area contributed by atoms with Gasteiger partial charge in [0.15, 0.2) is 5.82 Å². The number of hydrogen-bond acceptors (Lipinski definition) is 5. The number of ether oxygens (including phenoxy) is 1. The van der Waals surface area contributed by atoms with Crippen LogP contribution in [0, 0.1) is 6.92 Å². The van der Waals surface area contributed by atoms with Crippen molar-refractivity contribution in [1.82, 2.24) is 9.97 Å². The number of nitrogens with one attached hydrogen (secondary N) is 1. The van der Waals surface area contributed by atoms with Crippen molar-refractivity contribution in [3.63, 3.8) is 0 Å².